The molecule has 0 amide bonds. The van der Waals surface area contributed by atoms with E-state index in [-0.39, 0.29) is 0 Å². The monoisotopic (exact) mass is 342 g/mol. The summed E-state index contributed by atoms with van der Waals surface area (Å²) in [5.74, 6) is 0. The van der Waals surface area contributed by atoms with Gasteiger partial charge in [0.25, 0.3) is 0 Å². The quantitative estimate of drug-likeness (QED) is 0.243. The molecule has 0 aromatic carbocycles. The highest BCUT2D eigenvalue weighted by molar-refractivity contribution is 4.93. The van der Waals surface area contributed by atoms with Gasteiger partial charge in [0.2, 0.25) is 0 Å². The van der Waals surface area contributed by atoms with Crippen LogP contribution in [0.5, 0.6) is 0 Å². The molecule has 0 aromatic heterocycles. The second-order valence-electron chi connectivity index (χ2n) is 5.53. The van der Waals surface area contributed by atoms with Crippen LogP contribution < -0.4 is 0 Å². The number of hydrogen-bond donors (Lipinski definition) is 8. The fourth-order valence-corrected chi connectivity index (χ4v) is 2.57. The van der Waals surface area contributed by atoms with E-state index in [0.717, 1.165) is 0 Å². The van der Waals surface area contributed by atoms with Gasteiger partial charge in [-0.25, -0.2) is 0 Å². The van der Waals surface area contributed by atoms with Gasteiger partial charge in [0, 0.05) is 0 Å². The SMILES string of the molecule is OC[C@@H]1O[C@@H](O[C@@H]2[C@@H](O)[C@H](O)[C@@H](O)O[C@H]2CO)[C@@H](O)[C@H](O)[C@H]1O. The molecule has 23 heavy (non-hydrogen) atoms. The van der Waals surface area contributed by atoms with Crippen LogP contribution in [0, 0.1) is 0 Å². The highest BCUT2D eigenvalue weighted by Gasteiger charge is 2.50. The van der Waals surface area contributed by atoms with Crippen LogP contribution >= 0.6 is 0 Å². The lowest BCUT2D eigenvalue weighted by atomic mass is 9.97. The Kier molecular flexibility index (Phi) is 6.27. The third-order valence-corrected chi connectivity index (χ3v) is 3.98. The number of aliphatic hydroxyl groups is 8. The average molecular weight is 342 g/mol. The maximum atomic E-state index is 9.94. The van der Waals surface area contributed by atoms with Crippen molar-refractivity contribution in [2.45, 2.75) is 61.4 Å². The lowest BCUT2D eigenvalue weighted by Gasteiger charge is -2.45. The molecular formula is C12H22O11. The zero-order valence-electron chi connectivity index (χ0n) is 12.0. The fraction of sp³-hybridized carbons (Fsp3) is 1.00. The van der Waals surface area contributed by atoms with Crippen molar-refractivity contribution in [1.29, 1.82) is 0 Å². The van der Waals surface area contributed by atoms with Crippen LogP contribution in [0.3, 0.4) is 0 Å². The van der Waals surface area contributed by atoms with Gasteiger partial charge in [0.15, 0.2) is 12.6 Å². The number of hydrogen-bond acceptors (Lipinski definition) is 11. The Morgan fingerprint density at radius 3 is 1.83 bits per heavy atom. The zero-order chi connectivity index (χ0) is 17.3. The predicted molar refractivity (Wildman–Crippen MR) is 68.6 cm³/mol. The minimum Gasteiger partial charge on any atom is -0.394 e. The Labute approximate surface area is 130 Å². The summed E-state index contributed by atoms with van der Waals surface area (Å²) in [4.78, 5) is 0. The summed E-state index contributed by atoms with van der Waals surface area (Å²) < 4.78 is 15.3. The lowest BCUT2D eigenvalue weighted by molar-refractivity contribution is -0.355. The van der Waals surface area contributed by atoms with Crippen LogP contribution in [-0.2, 0) is 14.2 Å². The first kappa shape index (κ1) is 18.9. The average Bonchev–Trinajstić information content (AvgIpc) is 2.55. The van der Waals surface area contributed by atoms with Gasteiger partial charge in [-0.2, -0.15) is 0 Å². The molecule has 0 spiro atoms. The molecule has 2 fully saturated rings. The topological polar surface area (TPSA) is 190 Å². The van der Waals surface area contributed by atoms with E-state index >= 15 is 0 Å². The van der Waals surface area contributed by atoms with Crippen LogP contribution in [-0.4, -0.2) is 115 Å². The molecule has 8 N–H and O–H groups in total. The molecule has 0 aliphatic carbocycles. The van der Waals surface area contributed by atoms with Gasteiger partial charge in [-0.1, -0.05) is 0 Å². The third-order valence-electron chi connectivity index (χ3n) is 3.98. The lowest BCUT2D eigenvalue weighted by Crippen LogP contribution is -2.64. The minimum absolute atomic E-state index is 0.667. The van der Waals surface area contributed by atoms with Gasteiger partial charge >= 0.3 is 0 Å². The Morgan fingerprint density at radius 1 is 0.652 bits per heavy atom. The van der Waals surface area contributed by atoms with Gasteiger partial charge in [-0.15, -0.1) is 0 Å². The van der Waals surface area contributed by atoms with Crippen molar-refractivity contribution in [3.63, 3.8) is 0 Å². The molecular weight excluding hydrogens is 320 g/mol. The highest BCUT2D eigenvalue weighted by atomic mass is 16.7. The van der Waals surface area contributed by atoms with Gasteiger partial charge in [-0.3, -0.25) is 0 Å². The highest BCUT2D eigenvalue weighted by Crippen LogP contribution is 2.28. The molecule has 2 heterocycles. The first-order valence-electron chi connectivity index (χ1n) is 7.08. The van der Waals surface area contributed by atoms with Crippen LogP contribution in [0.4, 0.5) is 0 Å². The van der Waals surface area contributed by atoms with Crippen molar-refractivity contribution in [2.24, 2.45) is 0 Å². The summed E-state index contributed by atoms with van der Waals surface area (Å²) in [7, 11) is 0. The van der Waals surface area contributed by atoms with Crippen molar-refractivity contribution in [3.05, 3.63) is 0 Å². The van der Waals surface area contributed by atoms with E-state index in [9.17, 15) is 35.7 Å². The van der Waals surface area contributed by atoms with Crippen LogP contribution in [0.15, 0.2) is 0 Å². The van der Waals surface area contributed by atoms with Crippen LogP contribution in [0.2, 0.25) is 0 Å². The first-order valence-corrected chi connectivity index (χ1v) is 7.08. The number of aliphatic hydroxyl groups excluding tert-OH is 8. The van der Waals surface area contributed by atoms with E-state index in [1.54, 1.807) is 0 Å². The van der Waals surface area contributed by atoms with Crippen molar-refractivity contribution in [2.75, 3.05) is 13.2 Å². The second kappa shape index (κ2) is 7.63. The predicted octanol–water partition coefficient (Wildman–Crippen LogP) is -5.40. The Bertz CT molecular complexity index is 378. The van der Waals surface area contributed by atoms with Crippen molar-refractivity contribution in [3.8, 4) is 0 Å². The molecule has 136 valence electrons. The summed E-state index contributed by atoms with van der Waals surface area (Å²) >= 11 is 0. The maximum Gasteiger partial charge on any atom is 0.187 e. The fourth-order valence-electron chi connectivity index (χ4n) is 2.57. The van der Waals surface area contributed by atoms with E-state index in [1.165, 1.54) is 0 Å². The maximum absolute atomic E-state index is 9.94. The van der Waals surface area contributed by atoms with E-state index in [2.05, 4.69) is 0 Å². The standard InChI is InChI=1S/C12H22O11/c13-1-3-5(15)6(16)9(19)12(22-3)23-10-4(2-14)21-11(20)8(18)7(10)17/h3-20H,1-2H2/t3-,4-,5-,6+,7-,8-,9-,10-,11-,12-/m0/s1. The number of ether oxygens (including phenoxy) is 3. The third kappa shape index (κ3) is 3.65. The van der Waals surface area contributed by atoms with Gasteiger partial charge in [0.05, 0.1) is 13.2 Å². The molecule has 10 atom stereocenters. The molecule has 0 bridgehead atoms. The minimum atomic E-state index is -1.74. The second-order valence-corrected chi connectivity index (χ2v) is 5.53. The van der Waals surface area contributed by atoms with Crippen molar-refractivity contribution >= 4 is 0 Å². The molecule has 2 saturated heterocycles. The molecule has 2 rings (SSSR count). The molecule has 11 nitrogen and oxygen atoms in total. The Balaban J connectivity index is 2.11. The van der Waals surface area contributed by atoms with E-state index in [4.69, 9.17) is 19.3 Å². The van der Waals surface area contributed by atoms with Crippen molar-refractivity contribution in [1.82, 2.24) is 0 Å². The largest absolute Gasteiger partial charge is 0.394 e. The summed E-state index contributed by atoms with van der Waals surface area (Å²) in [5, 5.41) is 76.5. The normalized spacial score (nSPS) is 51.7. The number of rotatable bonds is 4. The van der Waals surface area contributed by atoms with Crippen molar-refractivity contribution < 1.29 is 55.1 Å². The Morgan fingerprint density at radius 2 is 1.26 bits per heavy atom. The van der Waals surface area contributed by atoms with Gasteiger partial charge in [0.1, 0.15) is 48.8 Å². The molecule has 0 radical (unpaired) electrons. The molecule has 0 saturated carbocycles. The molecule has 2 aliphatic heterocycles. The first-order chi connectivity index (χ1) is 10.8. The zero-order valence-corrected chi connectivity index (χ0v) is 12.0. The molecule has 11 heteroatoms. The van der Waals surface area contributed by atoms with E-state index < -0.39 is 74.6 Å². The molecule has 2 aliphatic rings. The summed E-state index contributed by atoms with van der Waals surface area (Å²) in [5.41, 5.74) is 0. The summed E-state index contributed by atoms with van der Waals surface area (Å²) in [6.07, 6.45) is -15.6. The van der Waals surface area contributed by atoms with Gasteiger partial charge in [-0.05, 0) is 0 Å². The Hall–Kier alpha value is -0.440. The van der Waals surface area contributed by atoms with Crippen LogP contribution in [0.25, 0.3) is 0 Å². The van der Waals surface area contributed by atoms with Crippen LogP contribution in [0.1, 0.15) is 0 Å². The van der Waals surface area contributed by atoms with Gasteiger partial charge < -0.3 is 55.1 Å². The molecule has 0 aromatic rings. The smallest absolute Gasteiger partial charge is 0.187 e. The summed E-state index contributed by atoms with van der Waals surface area (Å²) in [6, 6.07) is 0. The van der Waals surface area contributed by atoms with E-state index in [0.29, 0.717) is 0 Å². The van der Waals surface area contributed by atoms with E-state index in [1.807, 2.05) is 0 Å². The molecule has 0 unspecified atom stereocenters. The summed E-state index contributed by atoms with van der Waals surface area (Å²) in [6.45, 7) is -1.35.